The molecular formula is C23H22N4O4. The Kier molecular flexibility index (Phi) is 5.41. The predicted octanol–water partition coefficient (Wildman–Crippen LogP) is 3.71. The number of H-pyrrole nitrogens is 1. The minimum Gasteiger partial charge on any atom is -0.497 e. The summed E-state index contributed by atoms with van der Waals surface area (Å²) in [6.07, 6.45) is 0. The van der Waals surface area contributed by atoms with Gasteiger partial charge >= 0.3 is 0 Å². The minimum absolute atomic E-state index is 0.00830. The number of fused-ring (bicyclic) bond motifs is 1. The first-order chi connectivity index (χ1) is 15.1. The second kappa shape index (κ2) is 8.32. The SMILES string of the molecule is CCOc1c(OC)cccc1C1C(C#N)=C(N)Oc2n[nH]c(-c3cccc(OC)c3)c21. The Hall–Kier alpha value is -4.12. The minimum atomic E-state index is -0.564. The van der Waals surface area contributed by atoms with Gasteiger partial charge in [0.15, 0.2) is 11.5 Å². The smallest absolute Gasteiger partial charge is 0.244 e. The van der Waals surface area contributed by atoms with Gasteiger partial charge in [-0.1, -0.05) is 24.3 Å². The molecule has 4 rings (SSSR count). The third-order valence-corrected chi connectivity index (χ3v) is 5.13. The number of methoxy groups -OCH3 is 2. The number of nitriles is 1. The Bertz CT molecular complexity index is 1190. The first-order valence-corrected chi connectivity index (χ1v) is 9.72. The lowest BCUT2D eigenvalue weighted by molar-refractivity contribution is 0.306. The zero-order valence-corrected chi connectivity index (χ0v) is 17.4. The number of hydrogen-bond acceptors (Lipinski definition) is 7. The summed E-state index contributed by atoms with van der Waals surface area (Å²) in [4.78, 5) is 0. The molecule has 0 saturated heterocycles. The molecule has 31 heavy (non-hydrogen) atoms. The molecular weight excluding hydrogens is 396 g/mol. The van der Waals surface area contributed by atoms with Crippen LogP contribution in [0.1, 0.15) is 24.0 Å². The van der Waals surface area contributed by atoms with Crippen molar-refractivity contribution in [1.82, 2.24) is 10.2 Å². The highest BCUT2D eigenvalue weighted by atomic mass is 16.5. The van der Waals surface area contributed by atoms with Crippen molar-refractivity contribution in [2.45, 2.75) is 12.8 Å². The molecule has 1 aromatic heterocycles. The lowest BCUT2D eigenvalue weighted by Gasteiger charge is -2.26. The summed E-state index contributed by atoms with van der Waals surface area (Å²) in [5.74, 6) is 1.56. The monoisotopic (exact) mass is 418 g/mol. The van der Waals surface area contributed by atoms with Crippen LogP contribution in [-0.4, -0.2) is 31.0 Å². The summed E-state index contributed by atoms with van der Waals surface area (Å²) in [6.45, 7) is 2.32. The van der Waals surface area contributed by atoms with Crippen LogP contribution in [0.25, 0.3) is 11.3 Å². The second-order valence-corrected chi connectivity index (χ2v) is 6.79. The Morgan fingerprint density at radius 2 is 2.00 bits per heavy atom. The zero-order valence-electron chi connectivity index (χ0n) is 17.4. The topological polar surface area (TPSA) is 115 Å². The maximum absolute atomic E-state index is 9.96. The number of rotatable bonds is 6. The van der Waals surface area contributed by atoms with Crippen LogP contribution in [0, 0.1) is 11.3 Å². The van der Waals surface area contributed by atoms with Crippen molar-refractivity contribution in [2.75, 3.05) is 20.8 Å². The van der Waals surface area contributed by atoms with E-state index in [4.69, 9.17) is 24.7 Å². The lowest BCUT2D eigenvalue weighted by Crippen LogP contribution is -2.21. The van der Waals surface area contributed by atoms with Gasteiger partial charge in [-0.3, -0.25) is 5.10 Å². The molecule has 0 amide bonds. The first-order valence-electron chi connectivity index (χ1n) is 9.72. The summed E-state index contributed by atoms with van der Waals surface area (Å²) >= 11 is 0. The Balaban J connectivity index is 1.98. The summed E-state index contributed by atoms with van der Waals surface area (Å²) < 4.78 is 22.5. The summed E-state index contributed by atoms with van der Waals surface area (Å²) in [7, 11) is 3.18. The normalized spacial score (nSPS) is 15.0. The molecule has 2 aromatic carbocycles. The largest absolute Gasteiger partial charge is 0.497 e. The second-order valence-electron chi connectivity index (χ2n) is 6.79. The number of allylic oxidation sites excluding steroid dienone is 1. The van der Waals surface area contributed by atoms with Gasteiger partial charge in [-0.05, 0) is 25.1 Å². The predicted molar refractivity (Wildman–Crippen MR) is 114 cm³/mol. The van der Waals surface area contributed by atoms with Gasteiger partial charge in [-0.15, -0.1) is 5.10 Å². The summed E-state index contributed by atoms with van der Waals surface area (Å²) in [5.41, 5.74) is 9.33. The number of aromatic nitrogens is 2. The van der Waals surface area contributed by atoms with E-state index in [2.05, 4.69) is 16.3 Å². The van der Waals surface area contributed by atoms with Crippen LogP contribution in [-0.2, 0) is 0 Å². The van der Waals surface area contributed by atoms with E-state index in [1.54, 1.807) is 14.2 Å². The maximum Gasteiger partial charge on any atom is 0.244 e. The van der Waals surface area contributed by atoms with Crippen LogP contribution < -0.4 is 24.7 Å². The molecule has 0 fully saturated rings. The van der Waals surface area contributed by atoms with Crippen LogP contribution in [0.4, 0.5) is 0 Å². The molecule has 3 N–H and O–H groups in total. The molecule has 2 heterocycles. The first kappa shape index (κ1) is 20.2. The molecule has 1 atom stereocenters. The van der Waals surface area contributed by atoms with Crippen molar-refractivity contribution in [3.63, 3.8) is 0 Å². The van der Waals surface area contributed by atoms with E-state index in [-0.39, 0.29) is 11.5 Å². The van der Waals surface area contributed by atoms with Crippen molar-refractivity contribution < 1.29 is 18.9 Å². The van der Waals surface area contributed by atoms with E-state index in [0.29, 0.717) is 41.0 Å². The van der Waals surface area contributed by atoms with Gasteiger partial charge in [-0.2, -0.15) is 5.26 Å². The number of benzene rings is 2. The molecule has 8 heteroatoms. The van der Waals surface area contributed by atoms with E-state index in [1.165, 1.54) is 0 Å². The van der Waals surface area contributed by atoms with Gasteiger partial charge in [0.1, 0.15) is 17.4 Å². The summed E-state index contributed by atoms with van der Waals surface area (Å²) in [6, 6.07) is 15.3. The fourth-order valence-electron chi connectivity index (χ4n) is 3.77. The number of hydrogen-bond donors (Lipinski definition) is 2. The average molecular weight is 418 g/mol. The molecule has 0 saturated carbocycles. The number of para-hydroxylation sites is 1. The molecule has 8 nitrogen and oxygen atoms in total. The molecule has 0 radical (unpaired) electrons. The van der Waals surface area contributed by atoms with Gasteiger partial charge in [0.05, 0.1) is 38.0 Å². The molecule has 0 bridgehead atoms. The maximum atomic E-state index is 9.96. The number of aromatic amines is 1. The van der Waals surface area contributed by atoms with E-state index in [1.807, 2.05) is 49.4 Å². The number of ether oxygens (including phenoxy) is 4. The van der Waals surface area contributed by atoms with Crippen LogP contribution in [0.3, 0.4) is 0 Å². The zero-order chi connectivity index (χ0) is 22.0. The van der Waals surface area contributed by atoms with Crippen LogP contribution in [0.15, 0.2) is 53.9 Å². The van der Waals surface area contributed by atoms with E-state index < -0.39 is 5.92 Å². The fraction of sp³-hybridized carbons (Fsp3) is 0.217. The van der Waals surface area contributed by atoms with Gasteiger partial charge in [0.2, 0.25) is 11.8 Å². The third kappa shape index (κ3) is 3.40. The standard InChI is InChI=1S/C23H22N4O4/c1-4-30-21-15(9-6-10-17(21)29-3)18-16(12-24)22(25)31-23-19(18)20(26-27-23)13-7-5-8-14(11-13)28-2/h5-11,18H,4,25H2,1-3H3,(H,26,27). The lowest BCUT2D eigenvalue weighted by atomic mass is 9.82. The van der Waals surface area contributed by atoms with E-state index in [0.717, 1.165) is 11.1 Å². The highest BCUT2D eigenvalue weighted by molar-refractivity contribution is 5.73. The van der Waals surface area contributed by atoms with Crippen molar-refractivity contribution >= 4 is 0 Å². The van der Waals surface area contributed by atoms with Crippen LogP contribution in [0.2, 0.25) is 0 Å². The molecule has 1 unspecified atom stereocenters. The average Bonchev–Trinajstić information content (AvgIpc) is 3.22. The number of nitrogens with one attached hydrogen (secondary N) is 1. The van der Waals surface area contributed by atoms with E-state index >= 15 is 0 Å². The third-order valence-electron chi connectivity index (χ3n) is 5.13. The molecule has 3 aromatic rings. The Labute approximate surface area is 179 Å². The number of nitrogens with two attached hydrogens (primary N) is 1. The quantitative estimate of drug-likeness (QED) is 0.627. The number of nitrogens with zero attached hydrogens (tertiary/aromatic N) is 2. The van der Waals surface area contributed by atoms with Crippen LogP contribution >= 0.6 is 0 Å². The Morgan fingerprint density at radius 3 is 2.71 bits per heavy atom. The van der Waals surface area contributed by atoms with Crippen molar-refractivity contribution in [3.8, 4) is 40.5 Å². The van der Waals surface area contributed by atoms with Crippen molar-refractivity contribution in [1.29, 1.82) is 5.26 Å². The van der Waals surface area contributed by atoms with Crippen LogP contribution in [0.5, 0.6) is 23.1 Å². The van der Waals surface area contributed by atoms with Gasteiger partial charge in [-0.25, -0.2) is 0 Å². The van der Waals surface area contributed by atoms with E-state index in [9.17, 15) is 5.26 Å². The molecule has 1 aliphatic heterocycles. The summed E-state index contributed by atoms with van der Waals surface area (Å²) in [5, 5.41) is 17.3. The van der Waals surface area contributed by atoms with Crippen molar-refractivity contribution in [3.05, 3.63) is 65.0 Å². The highest BCUT2D eigenvalue weighted by Crippen LogP contribution is 2.49. The van der Waals surface area contributed by atoms with Gasteiger partial charge < -0.3 is 24.7 Å². The van der Waals surface area contributed by atoms with Gasteiger partial charge in [0.25, 0.3) is 0 Å². The Morgan fingerprint density at radius 1 is 1.19 bits per heavy atom. The molecule has 158 valence electrons. The molecule has 0 aliphatic carbocycles. The van der Waals surface area contributed by atoms with Gasteiger partial charge in [0, 0.05) is 11.1 Å². The molecule has 1 aliphatic rings. The van der Waals surface area contributed by atoms with Crippen molar-refractivity contribution in [2.24, 2.45) is 5.73 Å². The molecule has 0 spiro atoms. The fourth-order valence-corrected chi connectivity index (χ4v) is 3.77. The highest BCUT2D eigenvalue weighted by Gasteiger charge is 2.37.